The second kappa shape index (κ2) is 7.51. The Balaban J connectivity index is 1.99. The van der Waals surface area contributed by atoms with Gasteiger partial charge in [0.15, 0.2) is 0 Å². The first-order valence-electron chi connectivity index (χ1n) is 7.38. The first kappa shape index (κ1) is 14.4. The molecule has 2 atom stereocenters. The lowest BCUT2D eigenvalue weighted by Gasteiger charge is -2.31. The van der Waals surface area contributed by atoms with Crippen molar-refractivity contribution in [2.75, 3.05) is 19.8 Å². The molecule has 19 heavy (non-hydrogen) atoms. The molecular formula is C16H25NO2. The van der Waals surface area contributed by atoms with E-state index in [2.05, 4.69) is 18.3 Å². The van der Waals surface area contributed by atoms with E-state index in [4.69, 9.17) is 4.74 Å². The van der Waals surface area contributed by atoms with E-state index in [-0.39, 0.29) is 0 Å². The van der Waals surface area contributed by atoms with Crippen LogP contribution in [0.25, 0.3) is 0 Å². The minimum atomic E-state index is 0.353. The summed E-state index contributed by atoms with van der Waals surface area (Å²) in [5.74, 6) is 0.939. The molecule has 0 saturated carbocycles. The Morgan fingerprint density at radius 1 is 1.47 bits per heavy atom. The van der Waals surface area contributed by atoms with Crippen LogP contribution in [0.4, 0.5) is 0 Å². The molecule has 2 unspecified atom stereocenters. The maximum Gasteiger partial charge on any atom is 0.115 e. The van der Waals surface area contributed by atoms with Crippen LogP contribution in [0.5, 0.6) is 5.75 Å². The van der Waals surface area contributed by atoms with Gasteiger partial charge >= 0.3 is 0 Å². The monoisotopic (exact) mass is 263 g/mol. The Morgan fingerprint density at radius 2 is 2.37 bits per heavy atom. The van der Waals surface area contributed by atoms with Gasteiger partial charge in [-0.25, -0.2) is 0 Å². The number of nitrogens with one attached hydrogen (secondary N) is 1. The molecule has 1 aromatic rings. The third-order valence-corrected chi connectivity index (χ3v) is 3.79. The van der Waals surface area contributed by atoms with Gasteiger partial charge in [-0.05, 0) is 55.8 Å². The largest absolute Gasteiger partial charge is 0.508 e. The van der Waals surface area contributed by atoms with E-state index in [1.165, 1.54) is 12.0 Å². The Hall–Kier alpha value is -1.06. The molecule has 0 spiro atoms. The van der Waals surface area contributed by atoms with E-state index in [1.54, 1.807) is 6.07 Å². The van der Waals surface area contributed by atoms with E-state index in [0.29, 0.717) is 17.7 Å². The molecule has 1 heterocycles. The van der Waals surface area contributed by atoms with Crippen molar-refractivity contribution in [1.82, 2.24) is 5.32 Å². The fraction of sp³-hybridized carbons (Fsp3) is 0.625. The zero-order valence-electron chi connectivity index (χ0n) is 11.8. The van der Waals surface area contributed by atoms with Crippen molar-refractivity contribution < 1.29 is 9.84 Å². The maximum absolute atomic E-state index is 9.57. The van der Waals surface area contributed by atoms with Gasteiger partial charge in [0.2, 0.25) is 0 Å². The van der Waals surface area contributed by atoms with E-state index in [9.17, 15) is 5.11 Å². The third kappa shape index (κ3) is 4.51. The van der Waals surface area contributed by atoms with Crippen LogP contribution in [-0.2, 0) is 11.2 Å². The fourth-order valence-corrected chi connectivity index (χ4v) is 2.76. The summed E-state index contributed by atoms with van der Waals surface area (Å²) in [6, 6.07) is 8.04. The number of hydrogen-bond acceptors (Lipinski definition) is 3. The average molecular weight is 263 g/mol. The van der Waals surface area contributed by atoms with Gasteiger partial charge in [-0.1, -0.05) is 19.1 Å². The zero-order valence-corrected chi connectivity index (χ0v) is 11.8. The molecule has 3 heteroatoms. The Bertz CT molecular complexity index is 375. The molecule has 1 aliphatic rings. The van der Waals surface area contributed by atoms with Crippen LogP contribution in [0.1, 0.15) is 31.7 Å². The lowest BCUT2D eigenvalue weighted by atomic mass is 9.89. The maximum atomic E-state index is 9.57. The summed E-state index contributed by atoms with van der Waals surface area (Å²) in [5, 5.41) is 13.2. The lowest BCUT2D eigenvalue weighted by molar-refractivity contribution is 0.0393. The van der Waals surface area contributed by atoms with Gasteiger partial charge in [-0.2, -0.15) is 0 Å². The number of ether oxygens (including phenoxy) is 1. The van der Waals surface area contributed by atoms with Crippen LogP contribution in [0, 0.1) is 5.92 Å². The number of phenols is 1. The summed E-state index contributed by atoms with van der Waals surface area (Å²) in [7, 11) is 0. The molecule has 2 rings (SSSR count). The number of rotatable bonds is 6. The van der Waals surface area contributed by atoms with Crippen LogP contribution >= 0.6 is 0 Å². The lowest BCUT2D eigenvalue weighted by Crippen LogP contribution is -2.42. The Morgan fingerprint density at radius 3 is 3.05 bits per heavy atom. The van der Waals surface area contributed by atoms with E-state index in [0.717, 1.165) is 39.0 Å². The molecule has 0 radical (unpaired) electrons. The first-order chi connectivity index (χ1) is 9.29. The number of aromatic hydroxyl groups is 1. The quantitative estimate of drug-likeness (QED) is 0.829. The minimum absolute atomic E-state index is 0.353. The molecule has 106 valence electrons. The topological polar surface area (TPSA) is 41.5 Å². The summed E-state index contributed by atoms with van der Waals surface area (Å²) < 4.78 is 5.62. The summed E-state index contributed by atoms with van der Waals surface area (Å²) >= 11 is 0. The van der Waals surface area contributed by atoms with Gasteiger partial charge < -0.3 is 15.2 Å². The van der Waals surface area contributed by atoms with E-state index in [1.807, 2.05) is 12.1 Å². The van der Waals surface area contributed by atoms with Crippen LogP contribution in [-0.4, -0.2) is 30.9 Å². The van der Waals surface area contributed by atoms with Crippen molar-refractivity contribution in [2.45, 2.75) is 38.6 Å². The normalized spacial score (nSPS) is 21.2. The molecule has 1 aromatic carbocycles. The molecule has 2 N–H and O–H groups in total. The van der Waals surface area contributed by atoms with Crippen molar-refractivity contribution >= 4 is 0 Å². The summed E-state index contributed by atoms with van der Waals surface area (Å²) in [6.07, 6.45) is 4.50. The van der Waals surface area contributed by atoms with Crippen molar-refractivity contribution in [3.8, 4) is 5.75 Å². The zero-order chi connectivity index (χ0) is 13.5. The van der Waals surface area contributed by atoms with Crippen LogP contribution in [0.3, 0.4) is 0 Å². The highest BCUT2D eigenvalue weighted by molar-refractivity contribution is 5.27. The fourth-order valence-electron chi connectivity index (χ4n) is 2.76. The SMILES string of the molecule is CCCNC(Cc1cccc(O)c1)C1CCCOC1. The average Bonchev–Trinajstić information content (AvgIpc) is 2.44. The van der Waals surface area contributed by atoms with Gasteiger partial charge in [0.05, 0.1) is 6.61 Å². The van der Waals surface area contributed by atoms with Crippen LogP contribution in [0.15, 0.2) is 24.3 Å². The van der Waals surface area contributed by atoms with Crippen molar-refractivity contribution in [1.29, 1.82) is 0 Å². The van der Waals surface area contributed by atoms with Gasteiger partial charge in [0, 0.05) is 12.6 Å². The second-order valence-corrected chi connectivity index (χ2v) is 5.41. The molecule has 1 aliphatic heterocycles. The second-order valence-electron chi connectivity index (χ2n) is 5.41. The van der Waals surface area contributed by atoms with Crippen LogP contribution < -0.4 is 5.32 Å². The van der Waals surface area contributed by atoms with Gasteiger partial charge in [0.25, 0.3) is 0 Å². The number of phenolic OH excluding ortho intramolecular Hbond substituents is 1. The van der Waals surface area contributed by atoms with E-state index < -0.39 is 0 Å². The third-order valence-electron chi connectivity index (χ3n) is 3.79. The molecule has 1 saturated heterocycles. The van der Waals surface area contributed by atoms with Crippen LogP contribution in [0.2, 0.25) is 0 Å². The molecule has 0 aliphatic carbocycles. The van der Waals surface area contributed by atoms with E-state index >= 15 is 0 Å². The summed E-state index contributed by atoms with van der Waals surface area (Å²) in [6.45, 7) is 5.00. The number of hydrogen-bond donors (Lipinski definition) is 2. The smallest absolute Gasteiger partial charge is 0.115 e. The van der Waals surface area contributed by atoms with Gasteiger partial charge in [-0.3, -0.25) is 0 Å². The highest BCUT2D eigenvalue weighted by Gasteiger charge is 2.23. The summed E-state index contributed by atoms with van der Waals surface area (Å²) in [5.41, 5.74) is 1.19. The van der Waals surface area contributed by atoms with Crippen molar-refractivity contribution in [2.24, 2.45) is 5.92 Å². The highest BCUT2D eigenvalue weighted by atomic mass is 16.5. The minimum Gasteiger partial charge on any atom is -0.508 e. The Labute approximate surface area is 116 Å². The first-order valence-corrected chi connectivity index (χ1v) is 7.38. The summed E-state index contributed by atoms with van der Waals surface area (Å²) in [4.78, 5) is 0. The van der Waals surface area contributed by atoms with Crippen molar-refractivity contribution in [3.05, 3.63) is 29.8 Å². The molecule has 0 aromatic heterocycles. The standard InChI is InChI=1S/C16H25NO2/c1-2-8-17-16(14-6-4-9-19-12-14)11-13-5-3-7-15(18)10-13/h3,5,7,10,14,16-18H,2,4,6,8-9,11-12H2,1H3. The van der Waals surface area contributed by atoms with Gasteiger partial charge in [0.1, 0.15) is 5.75 Å². The Kier molecular flexibility index (Phi) is 5.67. The number of benzene rings is 1. The molecular weight excluding hydrogens is 238 g/mol. The molecule has 1 fully saturated rings. The molecule has 3 nitrogen and oxygen atoms in total. The van der Waals surface area contributed by atoms with Crippen molar-refractivity contribution in [3.63, 3.8) is 0 Å². The van der Waals surface area contributed by atoms with Gasteiger partial charge in [-0.15, -0.1) is 0 Å². The highest BCUT2D eigenvalue weighted by Crippen LogP contribution is 2.21. The molecule has 0 bridgehead atoms. The predicted octanol–water partition coefficient (Wildman–Crippen LogP) is 2.73. The predicted molar refractivity (Wildman–Crippen MR) is 77.4 cm³/mol. The molecule has 0 amide bonds.